The molecule has 0 aliphatic carbocycles. The van der Waals surface area contributed by atoms with Gasteiger partial charge in [0.05, 0.1) is 13.2 Å². The molecule has 1 unspecified atom stereocenters. The van der Waals surface area contributed by atoms with Gasteiger partial charge in [0.1, 0.15) is 0 Å². The normalized spacial score (nSPS) is 20.6. The van der Waals surface area contributed by atoms with Gasteiger partial charge >= 0.3 is 0 Å². The zero-order chi connectivity index (χ0) is 13.9. The van der Waals surface area contributed by atoms with E-state index >= 15 is 0 Å². The van der Waals surface area contributed by atoms with Crippen LogP contribution in [-0.4, -0.2) is 31.3 Å². The second-order valence-corrected chi connectivity index (χ2v) is 6.35. The van der Waals surface area contributed by atoms with Crippen LogP contribution in [0.25, 0.3) is 0 Å². The molecule has 0 radical (unpaired) electrons. The van der Waals surface area contributed by atoms with Crippen LogP contribution in [0.3, 0.4) is 0 Å². The lowest BCUT2D eigenvalue weighted by molar-refractivity contribution is 0.0988. The first-order chi connectivity index (χ1) is 8.97. The van der Waals surface area contributed by atoms with E-state index in [1.54, 1.807) is 0 Å². The Labute approximate surface area is 116 Å². The molecule has 1 N–H and O–H groups in total. The van der Waals surface area contributed by atoms with Crippen molar-refractivity contribution in [2.24, 2.45) is 0 Å². The van der Waals surface area contributed by atoms with Crippen LogP contribution in [0.1, 0.15) is 33.3 Å². The summed E-state index contributed by atoms with van der Waals surface area (Å²) in [5.74, 6) is 0. The molecule has 2 rings (SSSR count). The first kappa shape index (κ1) is 14.4. The minimum atomic E-state index is 0.143. The third kappa shape index (κ3) is 3.95. The van der Waals surface area contributed by atoms with E-state index < -0.39 is 0 Å². The Bertz CT molecular complexity index is 411. The lowest BCUT2D eigenvalue weighted by atomic mass is 10.1. The minimum Gasteiger partial charge on any atom is -0.377 e. The van der Waals surface area contributed by atoms with E-state index in [2.05, 4.69) is 62.2 Å². The first-order valence-corrected chi connectivity index (χ1v) is 7.15. The summed E-state index contributed by atoms with van der Waals surface area (Å²) in [6.07, 6.45) is 0. The Morgan fingerprint density at radius 2 is 2.05 bits per heavy atom. The summed E-state index contributed by atoms with van der Waals surface area (Å²) in [7, 11) is 0. The fourth-order valence-electron chi connectivity index (χ4n) is 2.39. The van der Waals surface area contributed by atoms with Crippen molar-refractivity contribution in [1.82, 2.24) is 5.32 Å². The molecule has 0 saturated carbocycles. The highest BCUT2D eigenvalue weighted by Gasteiger charge is 2.21. The van der Waals surface area contributed by atoms with Crippen molar-refractivity contribution in [2.45, 2.75) is 45.8 Å². The quantitative estimate of drug-likeness (QED) is 0.906. The number of nitrogens with one attached hydrogen (secondary N) is 1. The van der Waals surface area contributed by atoms with E-state index in [-0.39, 0.29) is 5.54 Å². The molecular weight excluding hydrogens is 236 g/mol. The van der Waals surface area contributed by atoms with Crippen LogP contribution in [0.15, 0.2) is 24.3 Å². The number of benzene rings is 1. The van der Waals surface area contributed by atoms with E-state index in [4.69, 9.17) is 4.74 Å². The van der Waals surface area contributed by atoms with Gasteiger partial charge in [-0.1, -0.05) is 18.2 Å². The SMILES string of the molecule is CC1COCCN1c1ccccc1CNC(C)(C)C. The second kappa shape index (κ2) is 5.93. The number of para-hydroxylation sites is 1. The molecule has 1 aromatic rings. The summed E-state index contributed by atoms with van der Waals surface area (Å²) >= 11 is 0. The molecule has 19 heavy (non-hydrogen) atoms. The molecule has 1 atom stereocenters. The van der Waals surface area contributed by atoms with Gasteiger partial charge in [0.15, 0.2) is 0 Å². The lowest BCUT2D eigenvalue weighted by Gasteiger charge is -2.36. The van der Waals surface area contributed by atoms with Crippen LogP contribution >= 0.6 is 0 Å². The van der Waals surface area contributed by atoms with Crippen molar-refractivity contribution in [3.8, 4) is 0 Å². The van der Waals surface area contributed by atoms with Gasteiger partial charge in [0.25, 0.3) is 0 Å². The van der Waals surface area contributed by atoms with E-state index in [1.165, 1.54) is 11.3 Å². The van der Waals surface area contributed by atoms with Gasteiger partial charge < -0.3 is 15.0 Å². The zero-order valence-electron chi connectivity index (χ0n) is 12.6. The minimum absolute atomic E-state index is 0.143. The van der Waals surface area contributed by atoms with Crippen LogP contribution in [0, 0.1) is 0 Å². The van der Waals surface area contributed by atoms with E-state index in [0.29, 0.717) is 6.04 Å². The Balaban J connectivity index is 2.15. The highest BCUT2D eigenvalue weighted by molar-refractivity contribution is 5.54. The number of hydrogen-bond acceptors (Lipinski definition) is 3. The molecule has 0 spiro atoms. The summed E-state index contributed by atoms with van der Waals surface area (Å²) in [6, 6.07) is 9.13. The van der Waals surface area contributed by atoms with Crippen LogP contribution in [0.2, 0.25) is 0 Å². The standard InChI is InChI=1S/C16H26N2O/c1-13-12-19-10-9-18(13)15-8-6-5-7-14(15)11-17-16(2,3)4/h5-8,13,17H,9-12H2,1-4H3. The first-order valence-electron chi connectivity index (χ1n) is 7.15. The number of hydrogen-bond donors (Lipinski definition) is 1. The van der Waals surface area contributed by atoms with Crippen molar-refractivity contribution >= 4 is 5.69 Å². The van der Waals surface area contributed by atoms with Crippen LogP contribution in [-0.2, 0) is 11.3 Å². The highest BCUT2D eigenvalue weighted by atomic mass is 16.5. The molecule has 0 amide bonds. The molecule has 0 aromatic heterocycles. The van der Waals surface area contributed by atoms with Crippen LogP contribution in [0.5, 0.6) is 0 Å². The maximum atomic E-state index is 5.53. The van der Waals surface area contributed by atoms with Crippen molar-refractivity contribution in [3.05, 3.63) is 29.8 Å². The number of ether oxygens (including phenoxy) is 1. The Hall–Kier alpha value is -1.06. The summed E-state index contributed by atoms with van der Waals surface area (Å²) < 4.78 is 5.53. The molecule has 1 aliphatic rings. The van der Waals surface area contributed by atoms with Gasteiger partial charge in [-0.05, 0) is 39.3 Å². The topological polar surface area (TPSA) is 24.5 Å². The van der Waals surface area contributed by atoms with Crippen molar-refractivity contribution < 1.29 is 4.74 Å². The number of rotatable bonds is 3. The predicted molar refractivity (Wildman–Crippen MR) is 80.7 cm³/mol. The fourth-order valence-corrected chi connectivity index (χ4v) is 2.39. The molecule has 1 saturated heterocycles. The largest absolute Gasteiger partial charge is 0.377 e. The maximum Gasteiger partial charge on any atom is 0.0668 e. The molecule has 1 aliphatic heterocycles. The van der Waals surface area contributed by atoms with Gasteiger partial charge in [-0.25, -0.2) is 0 Å². The predicted octanol–water partition coefficient (Wildman–Crippen LogP) is 2.80. The molecule has 106 valence electrons. The smallest absolute Gasteiger partial charge is 0.0668 e. The average Bonchev–Trinajstić information content (AvgIpc) is 2.37. The molecule has 1 aromatic carbocycles. The summed E-state index contributed by atoms with van der Waals surface area (Å²) in [6.45, 7) is 12.4. The van der Waals surface area contributed by atoms with Crippen LogP contribution < -0.4 is 10.2 Å². The van der Waals surface area contributed by atoms with Crippen molar-refractivity contribution in [1.29, 1.82) is 0 Å². The number of morpholine rings is 1. The maximum absolute atomic E-state index is 5.53. The highest BCUT2D eigenvalue weighted by Crippen LogP contribution is 2.24. The number of anilines is 1. The third-order valence-electron chi connectivity index (χ3n) is 3.48. The summed E-state index contributed by atoms with van der Waals surface area (Å²) in [5, 5.41) is 3.57. The molecule has 0 bridgehead atoms. The van der Waals surface area contributed by atoms with Gasteiger partial charge in [-0.2, -0.15) is 0 Å². The van der Waals surface area contributed by atoms with Crippen LogP contribution in [0.4, 0.5) is 5.69 Å². The molecule has 3 heteroatoms. The average molecular weight is 262 g/mol. The second-order valence-electron chi connectivity index (χ2n) is 6.35. The van der Waals surface area contributed by atoms with Crippen molar-refractivity contribution in [2.75, 3.05) is 24.7 Å². The monoisotopic (exact) mass is 262 g/mol. The van der Waals surface area contributed by atoms with Gasteiger partial charge in [-0.15, -0.1) is 0 Å². The van der Waals surface area contributed by atoms with E-state index in [9.17, 15) is 0 Å². The summed E-state index contributed by atoms with van der Waals surface area (Å²) in [4.78, 5) is 2.46. The Kier molecular flexibility index (Phi) is 4.48. The summed E-state index contributed by atoms with van der Waals surface area (Å²) in [5.41, 5.74) is 2.85. The molecule has 1 fully saturated rings. The van der Waals surface area contributed by atoms with Crippen molar-refractivity contribution in [3.63, 3.8) is 0 Å². The zero-order valence-corrected chi connectivity index (χ0v) is 12.6. The third-order valence-corrected chi connectivity index (χ3v) is 3.48. The lowest BCUT2D eigenvalue weighted by Crippen LogP contribution is -2.44. The molecule has 3 nitrogen and oxygen atoms in total. The Morgan fingerprint density at radius 1 is 1.32 bits per heavy atom. The van der Waals surface area contributed by atoms with Gasteiger partial charge in [0, 0.05) is 30.4 Å². The van der Waals surface area contributed by atoms with E-state index in [1.807, 2.05) is 0 Å². The Morgan fingerprint density at radius 3 is 2.74 bits per heavy atom. The molecule has 1 heterocycles. The van der Waals surface area contributed by atoms with Gasteiger partial charge in [0.2, 0.25) is 0 Å². The van der Waals surface area contributed by atoms with E-state index in [0.717, 1.165) is 26.3 Å². The molecular formula is C16H26N2O. The van der Waals surface area contributed by atoms with Gasteiger partial charge in [-0.3, -0.25) is 0 Å². The number of nitrogens with zero attached hydrogens (tertiary/aromatic N) is 1. The fraction of sp³-hybridized carbons (Fsp3) is 0.625.